The van der Waals surface area contributed by atoms with E-state index in [4.69, 9.17) is 0 Å². The van der Waals surface area contributed by atoms with Gasteiger partial charge >= 0.3 is 15.6 Å². The lowest BCUT2D eigenvalue weighted by molar-refractivity contribution is -0.114. The molecule has 0 unspecified atom stereocenters. The number of benzene rings is 4. The molecule has 0 radical (unpaired) electrons. The Hall–Kier alpha value is -3.59. The molecule has 32 heavy (non-hydrogen) atoms. The number of anilines is 1. The predicted molar refractivity (Wildman–Crippen MR) is 117 cm³/mol. The molecule has 1 amide bonds. The van der Waals surface area contributed by atoms with Crippen molar-refractivity contribution >= 4 is 43.3 Å². The van der Waals surface area contributed by atoms with E-state index in [2.05, 4.69) is 9.50 Å². The summed E-state index contributed by atoms with van der Waals surface area (Å²) in [6, 6.07) is 19.9. The summed E-state index contributed by atoms with van der Waals surface area (Å²) in [5.74, 6) is -0.892. The van der Waals surface area contributed by atoms with E-state index in [0.29, 0.717) is 27.4 Å². The average Bonchev–Trinajstić information content (AvgIpc) is 2.72. The number of halogens is 3. The molecule has 9 heteroatoms. The lowest BCUT2D eigenvalue weighted by Crippen LogP contribution is -2.28. The van der Waals surface area contributed by atoms with Crippen LogP contribution in [-0.2, 0) is 14.9 Å². The molecule has 0 bridgehead atoms. The Balaban J connectivity index is 2.13. The number of hydrogen-bond donors (Lipinski definition) is 1. The fraction of sp³-hybridized carbons (Fsp3) is 0.0870. The van der Waals surface area contributed by atoms with Gasteiger partial charge in [0.1, 0.15) is 0 Å². The third-order valence-electron chi connectivity index (χ3n) is 4.86. The van der Waals surface area contributed by atoms with Gasteiger partial charge in [0.05, 0.1) is 0 Å². The van der Waals surface area contributed by atoms with Crippen LogP contribution >= 0.6 is 0 Å². The van der Waals surface area contributed by atoms with E-state index in [0.717, 1.165) is 5.39 Å². The maximum atomic E-state index is 13.1. The SMILES string of the molecule is CC(=O)Nc1ccc2ccccc2c1-c1c(OS(=O)(=O)C(F)(F)F)ccc2ccccc12. The number of carbonyl (C=O) groups is 1. The van der Waals surface area contributed by atoms with Crippen LogP contribution in [0.25, 0.3) is 32.7 Å². The Morgan fingerprint density at radius 1 is 0.812 bits per heavy atom. The Labute approximate surface area is 181 Å². The van der Waals surface area contributed by atoms with E-state index in [-0.39, 0.29) is 5.56 Å². The van der Waals surface area contributed by atoms with Gasteiger partial charge in [0.2, 0.25) is 5.91 Å². The summed E-state index contributed by atoms with van der Waals surface area (Å²) in [4.78, 5) is 11.9. The highest BCUT2D eigenvalue weighted by Crippen LogP contribution is 2.45. The maximum absolute atomic E-state index is 13.1. The van der Waals surface area contributed by atoms with Crippen LogP contribution in [0.3, 0.4) is 0 Å². The zero-order valence-corrected chi connectivity index (χ0v) is 17.4. The lowest BCUT2D eigenvalue weighted by atomic mass is 9.91. The summed E-state index contributed by atoms with van der Waals surface area (Å²) in [5.41, 5.74) is -4.82. The van der Waals surface area contributed by atoms with Crippen molar-refractivity contribution in [3.8, 4) is 16.9 Å². The third kappa shape index (κ3) is 3.87. The highest BCUT2D eigenvalue weighted by Gasteiger charge is 2.49. The fourth-order valence-electron chi connectivity index (χ4n) is 3.58. The number of amides is 1. The minimum absolute atomic E-state index is 0.122. The van der Waals surface area contributed by atoms with Gasteiger partial charge in [-0.1, -0.05) is 60.7 Å². The van der Waals surface area contributed by atoms with E-state index < -0.39 is 27.3 Å². The molecule has 0 heterocycles. The zero-order valence-electron chi connectivity index (χ0n) is 16.6. The molecule has 4 aromatic carbocycles. The molecule has 0 saturated carbocycles. The van der Waals surface area contributed by atoms with Crippen molar-refractivity contribution in [1.82, 2.24) is 0 Å². The van der Waals surface area contributed by atoms with Gasteiger partial charge in [-0.05, 0) is 33.7 Å². The summed E-state index contributed by atoms with van der Waals surface area (Å²) in [6.07, 6.45) is 0. The quantitative estimate of drug-likeness (QED) is 0.307. The van der Waals surface area contributed by atoms with E-state index >= 15 is 0 Å². The molecule has 0 saturated heterocycles. The van der Waals surface area contributed by atoms with Gasteiger partial charge in [0.25, 0.3) is 0 Å². The van der Waals surface area contributed by atoms with Crippen LogP contribution in [0.2, 0.25) is 0 Å². The fourth-order valence-corrected chi connectivity index (χ4v) is 4.05. The normalized spacial score (nSPS) is 12.1. The molecule has 0 atom stereocenters. The predicted octanol–water partition coefficient (Wildman–Crippen LogP) is 5.85. The smallest absolute Gasteiger partial charge is 0.375 e. The van der Waals surface area contributed by atoms with Crippen molar-refractivity contribution in [3.63, 3.8) is 0 Å². The highest BCUT2D eigenvalue weighted by atomic mass is 32.2. The average molecular weight is 459 g/mol. The molecule has 5 nitrogen and oxygen atoms in total. The van der Waals surface area contributed by atoms with Gasteiger partial charge in [0.15, 0.2) is 5.75 Å². The number of fused-ring (bicyclic) bond motifs is 2. The molecule has 0 aliphatic carbocycles. The van der Waals surface area contributed by atoms with Crippen molar-refractivity contribution in [1.29, 1.82) is 0 Å². The molecular formula is C23H16F3NO4S. The molecule has 0 spiro atoms. The van der Waals surface area contributed by atoms with Crippen molar-refractivity contribution in [2.45, 2.75) is 12.4 Å². The van der Waals surface area contributed by atoms with E-state index in [9.17, 15) is 26.4 Å². The molecule has 4 rings (SSSR count). The number of rotatable bonds is 4. The summed E-state index contributed by atoms with van der Waals surface area (Å²) < 4.78 is 67.6. The van der Waals surface area contributed by atoms with Crippen molar-refractivity contribution in [2.75, 3.05) is 5.32 Å². The van der Waals surface area contributed by atoms with Crippen LogP contribution in [0.5, 0.6) is 5.75 Å². The minimum Gasteiger partial charge on any atom is -0.375 e. The van der Waals surface area contributed by atoms with Gasteiger partial charge < -0.3 is 9.50 Å². The van der Waals surface area contributed by atoms with Crippen LogP contribution in [0.4, 0.5) is 18.9 Å². The molecule has 0 aliphatic rings. The summed E-state index contributed by atoms with van der Waals surface area (Å²) in [5, 5.41) is 5.15. The number of hydrogen-bond acceptors (Lipinski definition) is 4. The van der Waals surface area contributed by atoms with Gasteiger partial charge in [-0.3, -0.25) is 4.79 Å². The first kappa shape index (κ1) is 21.6. The summed E-state index contributed by atoms with van der Waals surface area (Å²) in [6.45, 7) is 1.30. The number of carbonyl (C=O) groups excluding carboxylic acids is 1. The van der Waals surface area contributed by atoms with Gasteiger partial charge in [-0.25, -0.2) is 0 Å². The zero-order chi connectivity index (χ0) is 23.1. The first-order valence-electron chi connectivity index (χ1n) is 9.41. The monoisotopic (exact) mass is 459 g/mol. The second-order valence-corrected chi connectivity index (χ2v) is 8.57. The largest absolute Gasteiger partial charge is 0.534 e. The Kier molecular flexibility index (Phi) is 5.29. The van der Waals surface area contributed by atoms with Crippen molar-refractivity contribution < 1.29 is 30.6 Å². The Bertz CT molecular complexity index is 1460. The molecule has 0 fully saturated rings. The second-order valence-electron chi connectivity index (χ2n) is 7.03. The van der Waals surface area contributed by atoms with Crippen molar-refractivity contribution in [3.05, 3.63) is 72.8 Å². The minimum atomic E-state index is -5.93. The van der Waals surface area contributed by atoms with Crippen LogP contribution < -0.4 is 9.50 Å². The van der Waals surface area contributed by atoms with Gasteiger partial charge in [-0.2, -0.15) is 21.6 Å². The molecular weight excluding hydrogens is 443 g/mol. The van der Waals surface area contributed by atoms with Crippen LogP contribution in [-0.4, -0.2) is 19.8 Å². The van der Waals surface area contributed by atoms with Gasteiger partial charge in [-0.15, -0.1) is 0 Å². The summed E-state index contributed by atoms with van der Waals surface area (Å²) in [7, 11) is -5.93. The van der Waals surface area contributed by atoms with Crippen molar-refractivity contribution in [2.24, 2.45) is 0 Å². The molecule has 0 aliphatic heterocycles. The maximum Gasteiger partial charge on any atom is 0.534 e. The van der Waals surface area contributed by atoms with E-state index in [1.54, 1.807) is 60.7 Å². The topological polar surface area (TPSA) is 72.5 Å². The first-order chi connectivity index (χ1) is 15.1. The molecule has 164 valence electrons. The Morgan fingerprint density at radius 2 is 1.34 bits per heavy atom. The molecule has 1 N–H and O–H groups in total. The van der Waals surface area contributed by atoms with E-state index in [1.165, 1.54) is 19.1 Å². The third-order valence-corrected chi connectivity index (χ3v) is 5.83. The van der Waals surface area contributed by atoms with Crippen LogP contribution in [0, 0.1) is 0 Å². The first-order valence-corrected chi connectivity index (χ1v) is 10.8. The molecule has 0 aromatic heterocycles. The Morgan fingerprint density at radius 3 is 1.91 bits per heavy atom. The van der Waals surface area contributed by atoms with Crippen LogP contribution in [0.1, 0.15) is 6.92 Å². The van der Waals surface area contributed by atoms with Gasteiger partial charge in [0, 0.05) is 23.7 Å². The lowest BCUT2D eigenvalue weighted by Gasteiger charge is -2.19. The highest BCUT2D eigenvalue weighted by molar-refractivity contribution is 7.88. The van der Waals surface area contributed by atoms with Crippen LogP contribution in [0.15, 0.2) is 72.8 Å². The summed E-state index contributed by atoms with van der Waals surface area (Å²) >= 11 is 0. The number of alkyl halides is 3. The standard InChI is InChI=1S/C23H16F3NO4S/c1-14(28)27-19-12-10-15-6-2-4-8-17(15)21(19)22-18-9-5-3-7-16(18)11-13-20(22)31-32(29,30)23(24,25)26/h2-13H,1H3,(H,27,28). The number of nitrogens with one attached hydrogen (secondary N) is 1. The van der Waals surface area contributed by atoms with E-state index in [1.807, 2.05) is 0 Å². The molecule has 4 aromatic rings. The second kappa shape index (κ2) is 7.83.